The molecule has 1 aliphatic heterocycles. The van der Waals surface area contributed by atoms with Crippen molar-refractivity contribution < 1.29 is 19.7 Å². The molecule has 0 amide bonds. The Labute approximate surface area is 120 Å². The maximum absolute atomic E-state index is 11.9. The van der Waals surface area contributed by atoms with Gasteiger partial charge in [-0.1, -0.05) is 6.08 Å². The molecule has 1 aromatic heterocycles. The molecule has 8 nitrogen and oxygen atoms in total. The number of aromatic nitrogens is 2. The Hall–Kier alpha value is -2.32. The van der Waals surface area contributed by atoms with Crippen molar-refractivity contribution in [3.8, 4) is 0 Å². The van der Waals surface area contributed by atoms with Gasteiger partial charge in [0.1, 0.15) is 18.2 Å². The van der Waals surface area contributed by atoms with E-state index >= 15 is 0 Å². The van der Waals surface area contributed by atoms with E-state index in [-0.39, 0.29) is 30.4 Å². The van der Waals surface area contributed by atoms with Crippen molar-refractivity contribution in [1.82, 2.24) is 9.55 Å². The van der Waals surface area contributed by atoms with Gasteiger partial charge in [0, 0.05) is 11.8 Å². The summed E-state index contributed by atoms with van der Waals surface area (Å²) in [5.41, 5.74) is 5.61. The van der Waals surface area contributed by atoms with Gasteiger partial charge in [-0.15, -0.1) is 6.58 Å². The van der Waals surface area contributed by atoms with Gasteiger partial charge in [-0.05, 0) is 0 Å². The summed E-state index contributed by atoms with van der Waals surface area (Å²) in [5, 5.41) is 18.6. The minimum absolute atomic E-state index is 0.0492. The highest BCUT2D eigenvalue weighted by Crippen LogP contribution is 2.29. The molecule has 2 heterocycles. The van der Waals surface area contributed by atoms with Crippen LogP contribution in [-0.2, 0) is 16.1 Å². The Morgan fingerprint density at radius 3 is 3.05 bits per heavy atom. The smallest absolute Gasteiger partial charge is 0.352 e. The Bertz CT molecular complexity index is 623. The number of ether oxygens (including phenoxy) is 2. The summed E-state index contributed by atoms with van der Waals surface area (Å²) in [6.45, 7) is 3.61. The van der Waals surface area contributed by atoms with Crippen LogP contribution in [0.25, 0.3) is 0 Å². The maximum atomic E-state index is 11.9. The maximum Gasteiger partial charge on any atom is 0.352 e. The third-order valence-electron chi connectivity index (χ3n) is 2.98. The molecule has 2 rings (SSSR count). The van der Waals surface area contributed by atoms with E-state index in [0.717, 1.165) is 0 Å². The zero-order chi connectivity index (χ0) is 15.4. The highest BCUT2D eigenvalue weighted by molar-refractivity contribution is 5.36. The number of nitrogens with two attached hydrogens (primary N) is 1. The van der Waals surface area contributed by atoms with Gasteiger partial charge < -0.3 is 25.4 Å². The Balaban J connectivity index is 2.22. The second-order valence-electron chi connectivity index (χ2n) is 4.45. The minimum atomic E-state index is -0.758. The monoisotopic (exact) mass is 295 g/mol. The van der Waals surface area contributed by atoms with Gasteiger partial charge in [0.05, 0.1) is 19.6 Å². The number of anilines is 1. The van der Waals surface area contributed by atoms with Crippen molar-refractivity contribution in [2.45, 2.75) is 19.3 Å². The molecule has 4 N–H and O–H groups in total. The van der Waals surface area contributed by atoms with Crippen LogP contribution in [0.5, 0.6) is 0 Å². The molecule has 1 aromatic rings. The molecular formula is C13H17N3O5. The molecule has 0 aliphatic carbocycles. The van der Waals surface area contributed by atoms with Crippen molar-refractivity contribution in [3.63, 3.8) is 0 Å². The molecule has 1 aliphatic rings. The van der Waals surface area contributed by atoms with Gasteiger partial charge in [-0.3, -0.25) is 4.57 Å². The first-order chi connectivity index (χ1) is 10.1. The summed E-state index contributed by atoms with van der Waals surface area (Å²) in [7, 11) is 0. The normalized spacial score (nSPS) is 17.9. The summed E-state index contributed by atoms with van der Waals surface area (Å²) < 4.78 is 11.8. The summed E-state index contributed by atoms with van der Waals surface area (Å²) in [5.74, 6) is 0.0433. The summed E-state index contributed by atoms with van der Waals surface area (Å²) >= 11 is 0. The zero-order valence-corrected chi connectivity index (χ0v) is 11.4. The first-order valence-corrected chi connectivity index (χ1v) is 6.31. The summed E-state index contributed by atoms with van der Waals surface area (Å²) in [6, 6.07) is 0. The molecule has 0 aromatic carbocycles. The predicted molar refractivity (Wildman–Crippen MR) is 74.2 cm³/mol. The topological polar surface area (TPSA) is 120 Å². The van der Waals surface area contributed by atoms with E-state index in [1.165, 1.54) is 10.8 Å². The van der Waals surface area contributed by atoms with Crippen molar-refractivity contribution in [2.24, 2.45) is 0 Å². The number of nitrogen functional groups attached to an aromatic ring is 1. The van der Waals surface area contributed by atoms with Gasteiger partial charge in [0.15, 0.2) is 12.0 Å². The zero-order valence-electron chi connectivity index (χ0n) is 11.4. The van der Waals surface area contributed by atoms with Crippen molar-refractivity contribution >= 4 is 5.82 Å². The lowest BCUT2D eigenvalue weighted by Crippen LogP contribution is -2.28. The lowest BCUT2D eigenvalue weighted by Gasteiger charge is -2.16. The molecular weight excluding hydrogens is 278 g/mol. The second kappa shape index (κ2) is 6.42. The van der Waals surface area contributed by atoms with Crippen molar-refractivity contribution in [1.29, 1.82) is 0 Å². The third kappa shape index (κ3) is 3.23. The van der Waals surface area contributed by atoms with Gasteiger partial charge in [0.25, 0.3) is 0 Å². The van der Waals surface area contributed by atoms with Crippen LogP contribution in [-0.4, -0.2) is 33.0 Å². The number of hydrogen-bond donors (Lipinski definition) is 3. The van der Waals surface area contributed by atoms with E-state index < -0.39 is 18.5 Å². The summed E-state index contributed by atoms with van der Waals surface area (Å²) in [4.78, 5) is 15.6. The van der Waals surface area contributed by atoms with Crippen LogP contribution >= 0.6 is 0 Å². The van der Waals surface area contributed by atoms with Crippen molar-refractivity contribution in [2.75, 3.05) is 18.9 Å². The molecule has 0 saturated carbocycles. The van der Waals surface area contributed by atoms with E-state index in [1.54, 1.807) is 6.08 Å². The van der Waals surface area contributed by atoms with Gasteiger partial charge in [-0.2, -0.15) is 4.98 Å². The molecule has 8 heteroatoms. The summed E-state index contributed by atoms with van der Waals surface area (Å²) in [6.07, 6.45) is 2.39. The number of hydrogen-bond acceptors (Lipinski definition) is 7. The Morgan fingerprint density at radius 1 is 1.67 bits per heavy atom. The van der Waals surface area contributed by atoms with E-state index in [9.17, 15) is 9.90 Å². The number of aliphatic hydroxyl groups is 2. The number of aliphatic hydroxyl groups excluding tert-OH is 2. The first-order valence-electron chi connectivity index (χ1n) is 6.31. The Morgan fingerprint density at radius 2 is 2.43 bits per heavy atom. The van der Waals surface area contributed by atoms with Crippen molar-refractivity contribution in [3.05, 3.63) is 46.4 Å². The fourth-order valence-electron chi connectivity index (χ4n) is 1.93. The lowest BCUT2D eigenvalue weighted by atomic mass is 10.3. The van der Waals surface area contributed by atoms with Crippen LogP contribution < -0.4 is 11.4 Å². The SMILES string of the molecule is C=CCOCc1cn([C@H]2CC(O)=C(CO)O2)c(=O)nc1N. The van der Waals surface area contributed by atoms with Crippen LogP contribution in [0.3, 0.4) is 0 Å². The standard InChI is InChI=1S/C13H17N3O5/c1-2-3-20-7-8-5-16(13(19)15-12(8)14)11-4-9(18)10(6-17)21-11/h2,5,11,17-18H,1,3-4,6-7H2,(H2,14,15,19)/t11-/m1/s1. The average Bonchev–Trinajstić information content (AvgIpc) is 2.82. The molecule has 21 heavy (non-hydrogen) atoms. The quantitative estimate of drug-likeness (QED) is 0.507. The Kier molecular flexibility index (Phi) is 4.61. The first kappa shape index (κ1) is 15.1. The average molecular weight is 295 g/mol. The largest absolute Gasteiger partial charge is 0.508 e. The predicted octanol–water partition coefficient (Wildman–Crippen LogP) is 0.209. The van der Waals surface area contributed by atoms with Gasteiger partial charge in [0.2, 0.25) is 0 Å². The number of rotatable bonds is 6. The van der Waals surface area contributed by atoms with Crippen LogP contribution in [0, 0.1) is 0 Å². The molecule has 0 fully saturated rings. The van der Waals surface area contributed by atoms with Crippen LogP contribution in [0.2, 0.25) is 0 Å². The van der Waals surface area contributed by atoms with Gasteiger partial charge >= 0.3 is 5.69 Å². The molecule has 0 unspecified atom stereocenters. The molecule has 0 bridgehead atoms. The fourth-order valence-corrected chi connectivity index (χ4v) is 1.93. The fraction of sp³-hybridized carbons (Fsp3) is 0.385. The lowest BCUT2D eigenvalue weighted by molar-refractivity contribution is 0.0584. The van der Waals surface area contributed by atoms with E-state index in [1.807, 2.05) is 0 Å². The third-order valence-corrected chi connectivity index (χ3v) is 2.98. The van der Waals surface area contributed by atoms with Crippen LogP contribution in [0.1, 0.15) is 18.2 Å². The van der Waals surface area contributed by atoms with E-state index in [2.05, 4.69) is 11.6 Å². The second-order valence-corrected chi connectivity index (χ2v) is 4.45. The molecule has 0 spiro atoms. The molecule has 0 radical (unpaired) electrons. The minimum Gasteiger partial charge on any atom is -0.508 e. The van der Waals surface area contributed by atoms with E-state index in [4.69, 9.17) is 20.3 Å². The van der Waals surface area contributed by atoms with Crippen LogP contribution in [0.15, 0.2) is 35.2 Å². The highest BCUT2D eigenvalue weighted by Gasteiger charge is 2.27. The number of nitrogens with zero attached hydrogens (tertiary/aromatic N) is 2. The molecule has 0 saturated heterocycles. The van der Waals surface area contributed by atoms with Gasteiger partial charge in [-0.25, -0.2) is 4.79 Å². The highest BCUT2D eigenvalue weighted by atomic mass is 16.5. The van der Waals surface area contributed by atoms with Crippen LogP contribution in [0.4, 0.5) is 5.82 Å². The molecule has 114 valence electrons. The van der Waals surface area contributed by atoms with E-state index in [0.29, 0.717) is 12.2 Å². The molecule has 1 atom stereocenters.